The first-order valence-electron chi connectivity index (χ1n) is 6.46. The largest absolute Gasteiger partial charge is 0.508 e. The summed E-state index contributed by atoms with van der Waals surface area (Å²) in [7, 11) is 0. The number of aromatic hydroxyl groups is 1. The second-order valence-electron chi connectivity index (χ2n) is 5.41. The summed E-state index contributed by atoms with van der Waals surface area (Å²) in [6.07, 6.45) is 2.98. The predicted molar refractivity (Wildman–Crippen MR) is 75.7 cm³/mol. The molecule has 1 aromatic carbocycles. The maximum Gasteiger partial charge on any atom is 0.254 e. The molecule has 0 aromatic heterocycles. The Kier molecular flexibility index (Phi) is 3.74. The predicted octanol–water partition coefficient (Wildman–Crippen LogP) is 1.83. The van der Waals surface area contributed by atoms with Crippen LogP contribution in [-0.4, -0.2) is 34.0 Å². The van der Waals surface area contributed by atoms with E-state index < -0.39 is 0 Å². The monoisotopic (exact) mass is 282 g/mol. The Morgan fingerprint density at radius 3 is 2.74 bits per heavy atom. The summed E-state index contributed by atoms with van der Waals surface area (Å²) in [4.78, 5) is 14.5. The van der Waals surface area contributed by atoms with Gasteiger partial charge in [-0.3, -0.25) is 4.79 Å². The quantitative estimate of drug-likeness (QED) is 0.826. The first-order valence-corrected chi connectivity index (χ1v) is 6.46. The van der Waals surface area contributed by atoms with Crippen LogP contribution in [0.15, 0.2) is 18.2 Å². The number of phenols is 1. The number of fused-ring (bicyclic) bond motifs is 2. The van der Waals surface area contributed by atoms with Gasteiger partial charge in [0.1, 0.15) is 5.75 Å². The highest BCUT2D eigenvalue weighted by Gasteiger charge is 2.47. The number of hydrogen-bond donors (Lipinski definition) is 2. The summed E-state index contributed by atoms with van der Waals surface area (Å²) in [6, 6.07) is 5.53. The van der Waals surface area contributed by atoms with E-state index in [0.29, 0.717) is 11.6 Å². The Hall–Kier alpha value is -1.26. The third-order valence-electron chi connectivity index (χ3n) is 4.27. The molecule has 3 N–H and O–H groups in total. The molecule has 4 nitrogen and oxygen atoms in total. The Morgan fingerprint density at radius 2 is 2.16 bits per heavy atom. The zero-order valence-corrected chi connectivity index (χ0v) is 11.7. The lowest BCUT2D eigenvalue weighted by Crippen LogP contribution is -2.40. The van der Waals surface area contributed by atoms with Gasteiger partial charge < -0.3 is 15.7 Å². The third-order valence-corrected chi connectivity index (χ3v) is 4.27. The molecule has 2 fully saturated rings. The van der Waals surface area contributed by atoms with Crippen LogP contribution in [0.2, 0.25) is 0 Å². The molecular formula is C14H19ClN2O2. The fourth-order valence-electron chi connectivity index (χ4n) is 3.33. The van der Waals surface area contributed by atoms with Gasteiger partial charge in [0.25, 0.3) is 5.91 Å². The molecule has 2 heterocycles. The number of nitrogens with two attached hydrogens (primary N) is 1. The fourth-order valence-corrected chi connectivity index (χ4v) is 3.33. The number of rotatable bonds is 1. The van der Waals surface area contributed by atoms with Crippen molar-refractivity contribution in [2.45, 2.75) is 44.3 Å². The van der Waals surface area contributed by atoms with Gasteiger partial charge in [0, 0.05) is 23.7 Å². The van der Waals surface area contributed by atoms with Crippen LogP contribution >= 0.6 is 12.4 Å². The number of nitrogens with zero attached hydrogens (tertiary/aromatic N) is 1. The molecule has 104 valence electrons. The highest BCUT2D eigenvalue weighted by Crippen LogP contribution is 2.38. The van der Waals surface area contributed by atoms with Crippen molar-refractivity contribution in [3.8, 4) is 5.75 Å². The summed E-state index contributed by atoms with van der Waals surface area (Å²) in [6.45, 7) is 1.89. The summed E-state index contributed by atoms with van der Waals surface area (Å²) < 4.78 is 0. The first-order chi connectivity index (χ1) is 8.58. The van der Waals surface area contributed by atoms with Crippen molar-refractivity contribution in [1.29, 1.82) is 0 Å². The number of halogens is 1. The van der Waals surface area contributed by atoms with Crippen LogP contribution < -0.4 is 5.73 Å². The van der Waals surface area contributed by atoms with E-state index >= 15 is 0 Å². The van der Waals surface area contributed by atoms with Gasteiger partial charge in [-0.2, -0.15) is 0 Å². The summed E-state index contributed by atoms with van der Waals surface area (Å²) in [5, 5.41) is 9.53. The summed E-state index contributed by atoms with van der Waals surface area (Å²) >= 11 is 0. The van der Waals surface area contributed by atoms with Crippen LogP contribution in [0.25, 0.3) is 0 Å². The Labute approximate surface area is 119 Å². The first kappa shape index (κ1) is 14.2. The van der Waals surface area contributed by atoms with E-state index in [2.05, 4.69) is 0 Å². The Balaban J connectivity index is 0.00000133. The van der Waals surface area contributed by atoms with Crippen molar-refractivity contribution in [3.63, 3.8) is 0 Å². The van der Waals surface area contributed by atoms with Crippen molar-refractivity contribution in [1.82, 2.24) is 4.90 Å². The molecule has 5 heteroatoms. The lowest BCUT2D eigenvalue weighted by molar-refractivity contribution is 0.0725. The van der Waals surface area contributed by atoms with Gasteiger partial charge in [-0.15, -0.1) is 12.4 Å². The van der Waals surface area contributed by atoms with Crippen LogP contribution in [0.3, 0.4) is 0 Å². The second-order valence-corrected chi connectivity index (χ2v) is 5.41. The van der Waals surface area contributed by atoms with Gasteiger partial charge in [0.2, 0.25) is 0 Å². The van der Waals surface area contributed by atoms with Crippen molar-refractivity contribution >= 4 is 18.3 Å². The molecule has 2 saturated heterocycles. The minimum absolute atomic E-state index is 0. The maximum absolute atomic E-state index is 12.6. The molecule has 0 spiro atoms. The smallest absolute Gasteiger partial charge is 0.254 e. The van der Waals surface area contributed by atoms with Gasteiger partial charge in [-0.1, -0.05) is 6.07 Å². The molecular weight excluding hydrogens is 264 g/mol. The van der Waals surface area contributed by atoms with Crippen molar-refractivity contribution in [2.24, 2.45) is 5.73 Å². The van der Waals surface area contributed by atoms with Crippen molar-refractivity contribution < 1.29 is 9.90 Å². The normalized spacial score (nSPS) is 28.3. The van der Waals surface area contributed by atoms with Gasteiger partial charge >= 0.3 is 0 Å². The van der Waals surface area contributed by atoms with E-state index in [1.165, 1.54) is 0 Å². The van der Waals surface area contributed by atoms with Crippen LogP contribution in [-0.2, 0) is 0 Å². The number of aryl methyl sites for hydroxylation is 1. The number of hydrogen-bond acceptors (Lipinski definition) is 3. The molecule has 0 saturated carbocycles. The molecule has 1 aromatic rings. The lowest BCUT2D eigenvalue weighted by Gasteiger charge is -2.24. The van der Waals surface area contributed by atoms with Crippen LogP contribution in [0, 0.1) is 6.92 Å². The number of amides is 1. The zero-order valence-electron chi connectivity index (χ0n) is 10.9. The van der Waals surface area contributed by atoms with Gasteiger partial charge in [0.05, 0.1) is 0 Å². The van der Waals surface area contributed by atoms with Gasteiger partial charge in [0.15, 0.2) is 0 Å². The minimum Gasteiger partial charge on any atom is -0.508 e. The maximum atomic E-state index is 12.6. The summed E-state index contributed by atoms with van der Waals surface area (Å²) in [5.74, 6) is 0.156. The molecule has 2 aliphatic rings. The fraction of sp³-hybridized carbons (Fsp3) is 0.500. The molecule has 3 rings (SSSR count). The van der Waals surface area contributed by atoms with Crippen LogP contribution in [0.1, 0.15) is 35.2 Å². The Morgan fingerprint density at radius 1 is 1.42 bits per heavy atom. The average Bonchev–Trinajstić information content (AvgIpc) is 2.87. The molecule has 0 aliphatic carbocycles. The molecule has 0 unspecified atom stereocenters. The minimum atomic E-state index is 0. The topological polar surface area (TPSA) is 66.6 Å². The lowest BCUT2D eigenvalue weighted by atomic mass is 9.96. The van der Waals surface area contributed by atoms with E-state index in [4.69, 9.17) is 5.73 Å². The molecule has 19 heavy (non-hydrogen) atoms. The molecule has 1 amide bonds. The average molecular weight is 283 g/mol. The summed E-state index contributed by atoms with van der Waals surface area (Å²) in [5.41, 5.74) is 7.55. The zero-order chi connectivity index (χ0) is 12.9. The molecule has 0 radical (unpaired) electrons. The number of phenolic OH excluding ortho intramolecular Hbond substituents is 1. The van der Waals surface area contributed by atoms with Crippen LogP contribution in [0.4, 0.5) is 0 Å². The third kappa shape index (κ3) is 2.19. The van der Waals surface area contributed by atoms with E-state index in [9.17, 15) is 9.90 Å². The molecule has 2 bridgehead atoms. The number of carbonyl (C=O) groups excluding carboxylic acids is 1. The second kappa shape index (κ2) is 5.02. The van der Waals surface area contributed by atoms with Crippen LogP contribution in [0.5, 0.6) is 5.75 Å². The van der Waals surface area contributed by atoms with E-state index in [1.54, 1.807) is 18.2 Å². The molecule has 2 aliphatic heterocycles. The highest BCUT2D eigenvalue weighted by molar-refractivity contribution is 5.97. The van der Waals surface area contributed by atoms with E-state index in [0.717, 1.165) is 24.8 Å². The Bertz CT molecular complexity index is 506. The van der Waals surface area contributed by atoms with Crippen molar-refractivity contribution in [3.05, 3.63) is 29.3 Å². The van der Waals surface area contributed by atoms with Crippen molar-refractivity contribution in [2.75, 3.05) is 0 Å². The number of benzene rings is 1. The SMILES string of the molecule is Cc1ccc(O)cc1C(=O)N1[C@@H]2CC[C@H]1[C@H](N)C2.Cl. The van der Waals surface area contributed by atoms with Gasteiger partial charge in [-0.05, 0) is 43.9 Å². The standard InChI is InChI=1S/C14H18N2O2.ClH/c1-8-2-4-10(17)7-11(8)14(18)16-9-3-5-13(16)12(15)6-9;/h2,4,7,9,12-13,17H,3,5-6,15H2,1H3;1H/t9-,12-,13+;/m1./s1. The van der Waals surface area contributed by atoms with E-state index in [-0.39, 0.29) is 36.1 Å². The van der Waals surface area contributed by atoms with E-state index in [1.807, 2.05) is 11.8 Å². The van der Waals surface area contributed by atoms with Gasteiger partial charge in [-0.25, -0.2) is 0 Å². The molecule has 3 atom stereocenters. The highest BCUT2D eigenvalue weighted by atomic mass is 35.5. The number of carbonyl (C=O) groups is 1.